The van der Waals surface area contributed by atoms with Crippen molar-refractivity contribution in [2.24, 2.45) is 0 Å². The average Bonchev–Trinajstić information content (AvgIpc) is 2.56. The fourth-order valence-electron chi connectivity index (χ4n) is 2.60. The summed E-state index contributed by atoms with van der Waals surface area (Å²) in [5.74, 6) is 0.756. The zero-order valence-electron chi connectivity index (χ0n) is 12.1. The number of anilines is 1. The molecule has 0 spiro atoms. The predicted molar refractivity (Wildman–Crippen MR) is 83.0 cm³/mol. The first-order chi connectivity index (χ1) is 10.7. The third kappa shape index (κ3) is 3.40. The van der Waals surface area contributed by atoms with Crippen molar-refractivity contribution in [2.75, 3.05) is 24.6 Å². The Balaban J connectivity index is 1.66. The molecule has 0 N–H and O–H groups in total. The molecule has 0 saturated carbocycles. The highest BCUT2D eigenvalue weighted by Crippen LogP contribution is 2.19. The lowest BCUT2D eigenvalue weighted by molar-refractivity contribution is -0.385. The van der Waals surface area contributed by atoms with Gasteiger partial charge in [-0.2, -0.15) is 0 Å². The fraction of sp³-hybridized carbons (Fsp3) is 0.312. The normalized spacial score (nSPS) is 18.2. The topological polar surface area (TPSA) is 68.5 Å². The van der Waals surface area contributed by atoms with E-state index in [0.29, 0.717) is 6.61 Å². The number of morpholine rings is 1. The zero-order valence-corrected chi connectivity index (χ0v) is 12.1. The number of nitro groups is 1. The van der Waals surface area contributed by atoms with Gasteiger partial charge in [-0.3, -0.25) is 10.1 Å². The van der Waals surface area contributed by atoms with Crippen molar-refractivity contribution in [3.05, 3.63) is 64.3 Å². The zero-order chi connectivity index (χ0) is 15.4. The van der Waals surface area contributed by atoms with Crippen LogP contribution in [-0.4, -0.2) is 35.7 Å². The van der Waals surface area contributed by atoms with Gasteiger partial charge in [0.15, 0.2) is 0 Å². The van der Waals surface area contributed by atoms with Gasteiger partial charge < -0.3 is 9.64 Å². The van der Waals surface area contributed by atoms with Gasteiger partial charge in [0.2, 0.25) is 0 Å². The van der Waals surface area contributed by atoms with Crippen LogP contribution in [0, 0.1) is 10.1 Å². The average molecular weight is 299 g/mol. The molecular weight excluding hydrogens is 282 g/mol. The van der Waals surface area contributed by atoms with Crippen LogP contribution >= 0.6 is 0 Å². The highest BCUT2D eigenvalue weighted by molar-refractivity contribution is 5.43. The van der Waals surface area contributed by atoms with E-state index >= 15 is 0 Å². The van der Waals surface area contributed by atoms with E-state index in [1.165, 1.54) is 17.8 Å². The minimum Gasteiger partial charge on any atom is -0.374 e. The van der Waals surface area contributed by atoms with Crippen LogP contribution in [0.25, 0.3) is 0 Å². The molecule has 6 heteroatoms. The van der Waals surface area contributed by atoms with Crippen LogP contribution in [0.1, 0.15) is 5.56 Å². The van der Waals surface area contributed by atoms with Crippen molar-refractivity contribution in [3.63, 3.8) is 0 Å². The number of pyridine rings is 1. The molecule has 1 atom stereocenters. The van der Waals surface area contributed by atoms with Gasteiger partial charge in [0, 0.05) is 25.6 Å². The molecule has 0 unspecified atom stereocenters. The van der Waals surface area contributed by atoms with E-state index in [4.69, 9.17) is 4.74 Å². The molecule has 0 radical (unpaired) electrons. The molecule has 1 aromatic heterocycles. The quantitative estimate of drug-likeness (QED) is 0.640. The van der Waals surface area contributed by atoms with Gasteiger partial charge in [0.25, 0.3) is 5.69 Å². The fourth-order valence-corrected chi connectivity index (χ4v) is 2.60. The van der Waals surface area contributed by atoms with Crippen LogP contribution in [0.2, 0.25) is 0 Å². The van der Waals surface area contributed by atoms with Gasteiger partial charge in [-0.25, -0.2) is 4.98 Å². The molecule has 114 valence electrons. The maximum Gasteiger partial charge on any atom is 0.287 e. The Hall–Kier alpha value is -2.47. The van der Waals surface area contributed by atoms with Crippen LogP contribution in [-0.2, 0) is 11.2 Å². The van der Waals surface area contributed by atoms with Crippen molar-refractivity contribution in [2.45, 2.75) is 12.5 Å². The molecule has 1 saturated heterocycles. The molecule has 0 aliphatic carbocycles. The minimum atomic E-state index is -0.436. The third-order valence-electron chi connectivity index (χ3n) is 3.71. The van der Waals surface area contributed by atoms with E-state index in [1.807, 2.05) is 18.2 Å². The van der Waals surface area contributed by atoms with Crippen LogP contribution in [0.3, 0.4) is 0 Å². The minimum absolute atomic E-state index is 0.0119. The van der Waals surface area contributed by atoms with Gasteiger partial charge in [0.05, 0.1) is 17.6 Å². The van der Waals surface area contributed by atoms with E-state index in [9.17, 15) is 10.1 Å². The first kappa shape index (κ1) is 14.5. The predicted octanol–water partition coefficient (Wildman–Crippen LogP) is 2.44. The largest absolute Gasteiger partial charge is 0.374 e. The number of hydrogen-bond donors (Lipinski definition) is 0. The van der Waals surface area contributed by atoms with Crippen LogP contribution in [0.4, 0.5) is 11.5 Å². The highest BCUT2D eigenvalue weighted by Gasteiger charge is 2.22. The maximum atomic E-state index is 10.7. The van der Waals surface area contributed by atoms with Crippen LogP contribution < -0.4 is 4.90 Å². The lowest BCUT2D eigenvalue weighted by Crippen LogP contribution is -2.43. The van der Waals surface area contributed by atoms with E-state index < -0.39 is 4.92 Å². The Morgan fingerprint density at radius 3 is 2.77 bits per heavy atom. The summed E-state index contributed by atoms with van der Waals surface area (Å²) in [4.78, 5) is 16.5. The molecule has 1 aliphatic heterocycles. The van der Waals surface area contributed by atoms with Crippen molar-refractivity contribution < 1.29 is 9.66 Å². The van der Waals surface area contributed by atoms with Crippen LogP contribution in [0.5, 0.6) is 0 Å². The Morgan fingerprint density at radius 1 is 1.27 bits per heavy atom. The Labute approximate surface area is 128 Å². The summed E-state index contributed by atoms with van der Waals surface area (Å²) < 4.78 is 5.82. The van der Waals surface area contributed by atoms with Gasteiger partial charge in [-0.15, -0.1) is 0 Å². The van der Waals surface area contributed by atoms with Crippen molar-refractivity contribution in [1.29, 1.82) is 0 Å². The summed E-state index contributed by atoms with van der Waals surface area (Å²) in [7, 11) is 0. The molecule has 1 aromatic carbocycles. The molecule has 0 bridgehead atoms. The van der Waals surface area contributed by atoms with E-state index in [-0.39, 0.29) is 11.8 Å². The number of hydrogen-bond acceptors (Lipinski definition) is 5. The lowest BCUT2D eigenvalue weighted by Gasteiger charge is -2.33. The lowest BCUT2D eigenvalue weighted by atomic mass is 10.1. The number of aromatic nitrogens is 1. The first-order valence-electron chi connectivity index (χ1n) is 7.23. The summed E-state index contributed by atoms with van der Waals surface area (Å²) in [6, 6.07) is 13.4. The molecule has 1 aliphatic rings. The van der Waals surface area contributed by atoms with E-state index in [1.54, 1.807) is 6.07 Å². The maximum absolute atomic E-state index is 10.7. The molecule has 3 rings (SSSR count). The standard InChI is InChI=1S/C16H17N3O3/c20-19(21)14-6-7-16(17-11-14)18-8-9-22-15(12-18)10-13-4-2-1-3-5-13/h1-7,11,15H,8-10,12H2/t15-/m0/s1. The van der Waals surface area contributed by atoms with Crippen molar-refractivity contribution >= 4 is 11.5 Å². The first-order valence-corrected chi connectivity index (χ1v) is 7.23. The molecule has 2 aromatic rings. The molecule has 22 heavy (non-hydrogen) atoms. The van der Waals surface area contributed by atoms with Crippen molar-refractivity contribution in [3.8, 4) is 0 Å². The molecule has 1 fully saturated rings. The number of nitrogens with zero attached hydrogens (tertiary/aromatic N) is 3. The van der Waals surface area contributed by atoms with Gasteiger partial charge in [-0.05, 0) is 11.6 Å². The monoisotopic (exact) mass is 299 g/mol. The van der Waals surface area contributed by atoms with E-state index in [0.717, 1.165) is 25.3 Å². The van der Waals surface area contributed by atoms with Gasteiger partial charge >= 0.3 is 0 Å². The molecule has 6 nitrogen and oxygen atoms in total. The number of rotatable bonds is 4. The summed E-state index contributed by atoms with van der Waals surface area (Å²) >= 11 is 0. The third-order valence-corrected chi connectivity index (χ3v) is 3.71. The summed E-state index contributed by atoms with van der Waals surface area (Å²) in [5, 5.41) is 10.7. The van der Waals surface area contributed by atoms with Gasteiger partial charge in [-0.1, -0.05) is 30.3 Å². The number of ether oxygens (including phenoxy) is 1. The highest BCUT2D eigenvalue weighted by atomic mass is 16.6. The second kappa shape index (κ2) is 6.53. The second-order valence-corrected chi connectivity index (χ2v) is 5.26. The smallest absolute Gasteiger partial charge is 0.287 e. The summed E-state index contributed by atoms with van der Waals surface area (Å²) in [6.07, 6.45) is 2.26. The Kier molecular flexibility index (Phi) is 4.29. The Morgan fingerprint density at radius 2 is 2.09 bits per heavy atom. The summed E-state index contributed by atoms with van der Waals surface area (Å²) in [6.45, 7) is 2.12. The second-order valence-electron chi connectivity index (χ2n) is 5.26. The summed E-state index contributed by atoms with van der Waals surface area (Å²) in [5.41, 5.74) is 1.25. The molecule has 2 heterocycles. The number of benzene rings is 1. The Bertz CT molecular complexity index is 631. The SMILES string of the molecule is O=[N+]([O-])c1ccc(N2CCO[C@@H](Cc3ccccc3)C2)nc1. The van der Waals surface area contributed by atoms with Crippen molar-refractivity contribution in [1.82, 2.24) is 4.98 Å². The molecule has 0 amide bonds. The molecular formula is C16H17N3O3. The van der Waals surface area contributed by atoms with Crippen LogP contribution in [0.15, 0.2) is 48.7 Å². The van der Waals surface area contributed by atoms with E-state index in [2.05, 4.69) is 22.0 Å². The van der Waals surface area contributed by atoms with Gasteiger partial charge in [0.1, 0.15) is 12.0 Å².